The largest absolute Gasteiger partial charge is 0.493 e. The average molecular weight is 276 g/mol. The second-order valence-corrected chi connectivity index (χ2v) is 5.86. The smallest absolute Gasteiger partial charge is 0.124 e. The molecule has 0 aromatic heterocycles. The second kappa shape index (κ2) is 7.65. The van der Waals surface area contributed by atoms with Crippen molar-refractivity contribution >= 4 is 0 Å². The van der Waals surface area contributed by atoms with Crippen molar-refractivity contribution in [2.75, 3.05) is 26.2 Å². The molecule has 1 unspecified atom stereocenters. The van der Waals surface area contributed by atoms with Crippen molar-refractivity contribution in [3.63, 3.8) is 0 Å². The minimum absolute atomic E-state index is 0.288. The minimum atomic E-state index is 0.288. The molecule has 0 amide bonds. The Kier molecular flexibility index (Phi) is 5.86. The van der Waals surface area contributed by atoms with Gasteiger partial charge in [0.1, 0.15) is 5.75 Å². The third-order valence-electron chi connectivity index (χ3n) is 4.22. The molecule has 3 heteroatoms. The van der Waals surface area contributed by atoms with Crippen LogP contribution in [-0.4, -0.2) is 31.1 Å². The molecule has 1 saturated heterocycles. The van der Waals surface area contributed by atoms with Crippen molar-refractivity contribution in [1.82, 2.24) is 4.90 Å². The van der Waals surface area contributed by atoms with Gasteiger partial charge in [-0.3, -0.25) is 4.90 Å². The first-order valence-electron chi connectivity index (χ1n) is 7.92. The third kappa shape index (κ3) is 3.74. The highest BCUT2D eigenvalue weighted by Crippen LogP contribution is 2.31. The van der Waals surface area contributed by atoms with Crippen molar-refractivity contribution < 1.29 is 4.74 Å². The number of para-hydroxylation sites is 1. The van der Waals surface area contributed by atoms with E-state index in [1.807, 2.05) is 6.07 Å². The number of likely N-dealkylation sites (tertiary alicyclic amines) is 1. The fourth-order valence-electron chi connectivity index (χ4n) is 2.91. The predicted molar refractivity (Wildman–Crippen MR) is 84.0 cm³/mol. The molecule has 1 aromatic carbocycles. The first-order chi connectivity index (χ1) is 9.76. The highest BCUT2D eigenvalue weighted by Gasteiger charge is 2.25. The predicted octanol–water partition coefficient (Wildman–Crippen LogP) is 3.21. The molecule has 1 aromatic rings. The quantitative estimate of drug-likeness (QED) is 0.867. The van der Waals surface area contributed by atoms with E-state index in [1.165, 1.54) is 18.4 Å². The maximum absolute atomic E-state index is 6.07. The summed E-state index contributed by atoms with van der Waals surface area (Å²) in [4.78, 5) is 2.52. The molecular formula is C17H28N2O. The molecular weight excluding hydrogens is 248 g/mol. The van der Waals surface area contributed by atoms with Gasteiger partial charge in [-0.1, -0.05) is 32.0 Å². The molecule has 2 N–H and O–H groups in total. The van der Waals surface area contributed by atoms with Gasteiger partial charge < -0.3 is 10.5 Å². The molecule has 1 atom stereocenters. The monoisotopic (exact) mass is 276 g/mol. The highest BCUT2D eigenvalue weighted by molar-refractivity contribution is 5.36. The number of hydrogen-bond acceptors (Lipinski definition) is 3. The Labute approximate surface area is 123 Å². The summed E-state index contributed by atoms with van der Waals surface area (Å²) in [6.45, 7) is 8.19. The van der Waals surface area contributed by atoms with E-state index >= 15 is 0 Å². The van der Waals surface area contributed by atoms with Crippen molar-refractivity contribution in [2.24, 2.45) is 11.7 Å². The molecule has 0 aliphatic carbocycles. The van der Waals surface area contributed by atoms with Crippen molar-refractivity contribution in [1.29, 1.82) is 0 Å². The van der Waals surface area contributed by atoms with Crippen molar-refractivity contribution in [3.05, 3.63) is 29.8 Å². The number of benzene rings is 1. The number of ether oxygens (including phenoxy) is 1. The molecule has 1 aliphatic heterocycles. The van der Waals surface area contributed by atoms with Crippen LogP contribution in [0.25, 0.3) is 0 Å². The summed E-state index contributed by atoms with van der Waals surface area (Å²) in [6, 6.07) is 8.65. The molecule has 20 heavy (non-hydrogen) atoms. The Hall–Kier alpha value is -1.06. The van der Waals surface area contributed by atoms with Gasteiger partial charge in [0.05, 0.1) is 12.6 Å². The maximum Gasteiger partial charge on any atom is 0.124 e. The normalized spacial score (nSPS) is 18.9. The average Bonchev–Trinajstić information content (AvgIpc) is 2.49. The number of nitrogens with zero attached hydrogens (tertiary/aromatic N) is 1. The van der Waals surface area contributed by atoms with Gasteiger partial charge in [0.25, 0.3) is 0 Å². The van der Waals surface area contributed by atoms with Crippen molar-refractivity contribution in [3.8, 4) is 5.75 Å². The Morgan fingerprint density at radius 1 is 1.30 bits per heavy atom. The summed E-state index contributed by atoms with van der Waals surface area (Å²) in [5.41, 5.74) is 7.32. The van der Waals surface area contributed by atoms with Crippen LogP contribution < -0.4 is 10.5 Å². The molecule has 0 saturated carbocycles. The summed E-state index contributed by atoms with van der Waals surface area (Å²) >= 11 is 0. The first-order valence-corrected chi connectivity index (χ1v) is 7.92. The van der Waals surface area contributed by atoms with Gasteiger partial charge in [-0.25, -0.2) is 0 Å². The third-order valence-corrected chi connectivity index (χ3v) is 4.22. The molecule has 0 spiro atoms. The molecule has 1 aliphatic rings. The Bertz CT molecular complexity index is 400. The Morgan fingerprint density at radius 3 is 2.65 bits per heavy atom. The molecule has 2 rings (SSSR count). The topological polar surface area (TPSA) is 38.5 Å². The van der Waals surface area contributed by atoms with Crippen LogP contribution >= 0.6 is 0 Å². The van der Waals surface area contributed by atoms with Gasteiger partial charge in [0.2, 0.25) is 0 Å². The van der Waals surface area contributed by atoms with E-state index in [0.717, 1.165) is 37.8 Å². The number of rotatable bonds is 6. The molecule has 1 heterocycles. The molecule has 0 radical (unpaired) electrons. The lowest BCUT2D eigenvalue weighted by molar-refractivity contribution is 0.138. The van der Waals surface area contributed by atoms with E-state index in [2.05, 4.69) is 36.9 Å². The lowest BCUT2D eigenvalue weighted by atomic mass is 9.95. The number of piperidine rings is 1. The Morgan fingerprint density at radius 2 is 2.00 bits per heavy atom. The van der Waals surface area contributed by atoms with Gasteiger partial charge in [-0.2, -0.15) is 0 Å². The van der Waals surface area contributed by atoms with E-state index in [9.17, 15) is 0 Å². The summed E-state index contributed by atoms with van der Waals surface area (Å²) in [7, 11) is 0. The van der Waals surface area contributed by atoms with Crippen LogP contribution in [0.3, 0.4) is 0 Å². The van der Waals surface area contributed by atoms with Crippen LogP contribution in [0.15, 0.2) is 24.3 Å². The standard InChI is InChI=1S/C17H28N2O/c1-3-12-20-17-7-5-4-6-15(17)16(13-18)19-10-8-14(2)9-11-19/h4-7,14,16H,3,8-13,18H2,1-2H3. The second-order valence-electron chi connectivity index (χ2n) is 5.86. The van der Waals surface area contributed by atoms with Gasteiger partial charge in [0.15, 0.2) is 0 Å². The van der Waals surface area contributed by atoms with E-state index in [4.69, 9.17) is 10.5 Å². The fourth-order valence-corrected chi connectivity index (χ4v) is 2.91. The van der Waals surface area contributed by atoms with Crippen LogP contribution in [0.2, 0.25) is 0 Å². The first kappa shape index (κ1) is 15.3. The highest BCUT2D eigenvalue weighted by atomic mass is 16.5. The minimum Gasteiger partial charge on any atom is -0.493 e. The van der Waals surface area contributed by atoms with Gasteiger partial charge in [-0.05, 0) is 44.3 Å². The molecule has 0 bridgehead atoms. The summed E-state index contributed by atoms with van der Waals surface area (Å²) in [6.07, 6.45) is 3.58. The summed E-state index contributed by atoms with van der Waals surface area (Å²) in [5.74, 6) is 1.85. The lowest BCUT2D eigenvalue weighted by Gasteiger charge is -2.37. The molecule has 112 valence electrons. The Balaban J connectivity index is 2.14. The molecule has 3 nitrogen and oxygen atoms in total. The fraction of sp³-hybridized carbons (Fsp3) is 0.647. The van der Waals surface area contributed by atoms with Crippen LogP contribution in [0, 0.1) is 5.92 Å². The number of hydrogen-bond donors (Lipinski definition) is 1. The van der Waals surface area contributed by atoms with Crippen molar-refractivity contribution in [2.45, 2.75) is 39.2 Å². The van der Waals surface area contributed by atoms with Gasteiger partial charge in [0, 0.05) is 12.1 Å². The van der Waals surface area contributed by atoms with E-state index in [1.54, 1.807) is 0 Å². The van der Waals surface area contributed by atoms with Gasteiger partial charge in [-0.15, -0.1) is 0 Å². The van der Waals surface area contributed by atoms with E-state index < -0.39 is 0 Å². The van der Waals surface area contributed by atoms with Crippen LogP contribution in [0.1, 0.15) is 44.7 Å². The molecule has 1 fully saturated rings. The maximum atomic E-state index is 6.07. The lowest BCUT2D eigenvalue weighted by Crippen LogP contribution is -2.39. The van der Waals surface area contributed by atoms with E-state index in [0.29, 0.717) is 6.54 Å². The zero-order valence-corrected chi connectivity index (χ0v) is 12.8. The zero-order valence-electron chi connectivity index (χ0n) is 12.8. The van der Waals surface area contributed by atoms with Crippen LogP contribution in [-0.2, 0) is 0 Å². The summed E-state index contributed by atoms with van der Waals surface area (Å²) in [5, 5.41) is 0. The number of nitrogens with two attached hydrogens (primary N) is 1. The SMILES string of the molecule is CCCOc1ccccc1C(CN)N1CCC(C)CC1. The van der Waals surface area contributed by atoms with Crippen LogP contribution in [0.4, 0.5) is 0 Å². The van der Waals surface area contributed by atoms with Crippen LogP contribution in [0.5, 0.6) is 5.75 Å². The van der Waals surface area contributed by atoms with E-state index in [-0.39, 0.29) is 6.04 Å². The summed E-state index contributed by atoms with van der Waals surface area (Å²) < 4.78 is 5.90. The zero-order chi connectivity index (χ0) is 14.4. The van der Waals surface area contributed by atoms with Gasteiger partial charge >= 0.3 is 0 Å².